The molecular formula is C8H10Cl3NO3. The van der Waals surface area contributed by atoms with Crippen LogP contribution in [0, 0.1) is 0 Å². The van der Waals surface area contributed by atoms with Crippen LogP contribution in [0.5, 0.6) is 0 Å². The van der Waals surface area contributed by atoms with Crippen LogP contribution in [0.25, 0.3) is 0 Å². The number of hydrogen-bond acceptors (Lipinski definition) is 3. The fraction of sp³-hybridized carbons (Fsp3) is 0.750. The van der Waals surface area contributed by atoms with Gasteiger partial charge in [-0.3, -0.25) is 4.79 Å². The molecule has 0 radical (unpaired) electrons. The molecule has 4 nitrogen and oxygen atoms in total. The van der Waals surface area contributed by atoms with Gasteiger partial charge >= 0.3 is 6.09 Å². The first kappa shape index (κ1) is 12.9. The van der Waals surface area contributed by atoms with E-state index < -0.39 is 9.89 Å². The molecule has 2 amide bonds. The Balaban J connectivity index is 2.42. The van der Waals surface area contributed by atoms with Crippen LogP contribution in [0.15, 0.2) is 0 Å². The molecule has 0 aromatic rings. The second kappa shape index (κ2) is 5.23. The van der Waals surface area contributed by atoms with Crippen LogP contribution >= 0.6 is 34.8 Å². The third-order valence-electron chi connectivity index (χ3n) is 1.90. The van der Waals surface area contributed by atoms with Gasteiger partial charge in [0.15, 0.2) is 0 Å². The van der Waals surface area contributed by atoms with Gasteiger partial charge in [0, 0.05) is 13.0 Å². The van der Waals surface area contributed by atoms with E-state index in [1.54, 1.807) is 0 Å². The molecule has 0 saturated carbocycles. The van der Waals surface area contributed by atoms with Crippen LogP contribution in [0.2, 0.25) is 0 Å². The van der Waals surface area contributed by atoms with Crippen molar-refractivity contribution in [2.24, 2.45) is 0 Å². The van der Waals surface area contributed by atoms with Gasteiger partial charge in [-0.2, -0.15) is 0 Å². The molecule has 15 heavy (non-hydrogen) atoms. The van der Waals surface area contributed by atoms with Crippen molar-refractivity contribution in [3.05, 3.63) is 0 Å². The van der Waals surface area contributed by atoms with Crippen LogP contribution in [-0.4, -0.2) is 33.8 Å². The Hall–Kier alpha value is -0.190. The van der Waals surface area contributed by atoms with E-state index in [-0.39, 0.29) is 12.5 Å². The summed E-state index contributed by atoms with van der Waals surface area (Å²) in [5.41, 5.74) is 0. The smallest absolute Gasteiger partial charge is 0.416 e. The van der Waals surface area contributed by atoms with Gasteiger partial charge in [0.1, 0.15) is 6.61 Å². The Kier molecular flexibility index (Phi) is 4.49. The topological polar surface area (TPSA) is 46.6 Å². The summed E-state index contributed by atoms with van der Waals surface area (Å²) in [4.78, 5) is 23.7. The summed E-state index contributed by atoms with van der Waals surface area (Å²) >= 11 is 16.2. The highest BCUT2D eigenvalue weighted by Gasteiger charge is 2.28. The minimum atomic E-state index is -1.64. The third kappa shape index (κ3) is 4.45. The van der Waals surface area contributed by atoms with E-state index in [9.17, 15) is 9.59 Å². The highest BCUT2D eigenvalue weighted by molar-refractivity contribution is 6.67. The number of nitrogens with zero attached hydrogens (tertiary/aromatic N) is 1. The van der Waals surface area contributed by atoms with Crippen LogP contribution in [0.1, 0.15) is 19.3 Å². The first-order chi connectivity index (χ1) is 6.90. The molecule has 1 fully saturated rings. The van der Waals surface area contributed by atoms with Gasteiger partial charge in [-0.05, 0) is 12.8 Å². The third-order valence-corrected chi connectivity index (χ3v) is 2.23. The SMILES string of the molecule is O=C1CCCCN1C(=O)OCC(Cl)(Cl)Cl. The van der Waals surface area contributed by atoms with Crippen LogP contribution < -0.4 is 0 Å². The maximum atomic E-state index is 11.4. The van der Waals surface area contributed by atoms with E-state index in [1.165, 1.54) is 0 Å². The molecule has 1 aliphatic rings. The summed E-state index contributed by atoms with van der Waals surface area (Å²) in [6.07, 6.45) is 1.20. The zero-order valence-corrected chi connectivity index (χ0v) is 10.1. The quantitative estimate of drug-likeness (QED) is 0.690. The molecule has 7 heteroatoms. The average Bonchev–Trinajstić information content (AvgIpc) is 2.14. The molecule has 0 aliphatic carbocycles. The van der Waals surface area contributed by atoms with E-state index in [0.717, 1.165) is 17.7 Å². The van der Waals surface area contributed by atoms with E-state index in [2.05, 4.69) is 4.74 Å². The van der Waals surface area contributed by atoms with E-state index in [1.807, 2.05) is 0 Å². The molecule has 1 rings (SSSR count). The molecule has 0 aromatic heterocycles. The van der Waals surface area contributed by atoms with Crippen molar-refractivity contribution < 1.29 is 14.3 Å². The number of amides is 2. The lowest BCUT2D eigenvalue weighted by atomic mass is 10.1. The highest BCUT2D eigenvalue weighted by atomic mass is 35.6. The van der Waals surface area contributed by atoms with Crippen molar-refractivity contribution in [3.8, 4) is 0 Å². The molecule has 0 atom stereocenters. The number of carbonyl (C=O) groups is 2. The zero-order valence-electron chi connectivity index (χ0n) is 7.84. The Bertz CT molecular complexity index is 264. The largest absolute Gasteiger partial charge is 0.445 e. The second-order valence-corrected chi connectivity index (χ2v) is 5.69. The van der Waals surface area contributed by atoms with Crippen LogP contribution in [0.3, 0.4) is 0 Å². The van der Waals surface area contributed by atoms with Crippen molar-refractivity contribution >= 4 is 46.8 Å². The van der Waals surface area contributed by atoms with Crippen molar-refractivity contribution in [3.63, 3.8) is 0 Å². The van der Waals surface area contributed by atoms with Gasteiger partial charge in [-0.15, -0.1) is 0 Å². The molecule has 1 aliphatic heterocycles. The molecule has 1 heterocycles. The number of halogens is 3. The van der Waals surface area contributed by atoms with Crippen LogP contribution in [0.4, 0.5) is 4.79 Å². The van der Waals surface area contributed by atoms with Crippen molar-refractivity contribution in [1.29, 1.82) is 0 Å². The summed E-state index contributed by atoms with van der Waals surface area (Å²) in [5, 5.41) is 0. The summed E-state index contributed by atoms with van der Waals surface area (Å²) in [5.74, 6) is -0.240. The minimum Gasteiger partial charge on any atom is -0.445 e. The summed E-state index contributed by atoms with van der Waals surface area (Å²) in [6, 6.07) is 0. The molecule has 86 valence electrons. The first-order valence-corrected chi connectivity index (χ1v) is 5.57. The van der Waals surface area contributed by atoms with Gasteiger partial charge in [0.05, 0.1) is 0 Å². The predicted octanol–water partition coefficient (Wildman–Crippen LogP) is 2.51. The number of piperidine rings is 1. The number of likely N-dealkylation sites (tertiary alicyclic amines) is 1. The van der Waals surface area contributed by atoms with Crippen LogP contribution in [-0.2, 0) is 9.53 Å². The number of carbonyl (C=O) groups excluding carboxylic acids is 2. The lowest BCUT2D eigenvalue weighted by Crippen LogP contribution is -2.41. The minimum absolute atomic E-state index is 0.240. The van der Waals surface area contributed by atoms with E-state index >= 15 is 0 Å². The van der Waals surface area contributed by atoms with Gasteiger partial charge in [-0.25, -0.2) is 9.69 Å². The summed E-state index contributed by atoms with van der Waals surface area (Å²) in [7, 11) is 0. The molecule has 0 bridgehead atoms. The predicted molar refractivity (Wildman–Crippen MR) is 57.2 cm³/mol. The Morgan fingerprint density at radius 3 is 2.60 bits per heavy atom. The highest BCUT2D eigenvalue weighted by Crippen LogP contribution is 2.26. The maximum Gasteiger partial charge on any atom is 0.416 e. The molecule has 0 N–H and O–H groups in total. The van der Waals surface area contributed by atoms with Gasteiger partial charge in [0.25, 0.3) is 0 Å². The molecule has 0 unspecified atom stereocenters. The Morgan fingerprint density at radius 2 is 2.07 bits per heavy atom. The fourth-order valence-corrected chi connectivity index (χ4v) is 1.38. The molecule has 1 saturated heterocycles. The van der Waals surface area contributed by atoms with Gasteiger partial charge < -0.3 is 4.74 Å². The van der Waals surface area contributed by atoms with E-state index in [0.29, 0.717) is 13.0 Å². The summed E-state index contributed by atoms with van der Waals surface area (Å²) < 4.78 is 3.04. The Morgan fingerprint density at radius 1 is 1.40 bits per heavy atom. The number of rotatable bonds is 1. The first-order valence-electron chi connectivity index (χ1n) is 4.44. The molecule has 0 aromatic carbocycles. The van der Waals surface area contributed by atoms with Crippen molar-refractivity contribution in [1.82, 2.24) is 4.90 Å². The molecular weight excluding hydrogens is 264 g/mol. The van der Waals surface area contributed by atoms with Crippen molar-refractivity contribution in [2.75, 3.05) is 13.2 Å². The fourth-order valence-electron chi connectivity index (χ4n) is 1.22. The average molecular weight is 275 g/mol. The van der Waals surface area contributed by atoms with Gasteiger partial charge in [-0.1, -0.05) is 34.8 Å². The van der Waals surface area contributed by atoms with E-state index in [4.69, 9.17) is 34.8 Å². The molecule has 0 spiro atoms. The zero-order chi connectivity index (χ0) is 11.5. The van der Waals surface area contributed by atoms with Crippen molar-refractivity contribution in [2.45, 2.75) is 23.1 Å². The number of ether oxygens (including phenoxy) is 1. The number of alkyl halides is 3. The number of imide groups is 1. The number of hydrogen-bond donors (Lipinski definition) is 0. The Labute approximate surface area is 102 Å². The maximum absolute atomic E-state index is 11.4. The standard InChI is InChI=1S/C8H10Cl3NO3/c9-8(10,11)5-15-7(14)12-4-2-1-3-6(12)13/h1-5H2. The van der Waals surface area contributed by atoms with Gasteiger partial charge in [0.2, 0.25) is 9.70 Å². The lowest BCUT2D eigenvalue weighted by molar-refractivity contribution is -0.131. The normalized spacial score (nSPS) is 17.8. The second-order valence-electron chi connectivity index (χ2n) is 3.17. The monoisotopic (exact) mass is 273 g/mol. The summed E-state index contributed by atoms with van der Waals surface area (Å²) in [6.45, 7) is 0.0117. The lowest BCUT2D eigenvalue weighted by Gasteiger charge is -2.24.